The van der Waals surface area contributed by atoms with E-state index in [4.69, 9.17) is 16.3 Å². The van der Waals surface area contributed by atoms with Gasteiger partial charge in [-0.1, -0.05) is 11.6 Å². The van der Waals surface area contributed by atoms with Crippen LogP contribution in [-0.2, 0) is 0 Å². The van der Waals surface area contributed by atoms with Gasteiger partial charge in [0.05, 0.1) is 12.1 Å². The number of piperidine rings is 1. The van der Waals surface area contributed by atoms with Crippen LogP contribution in [0, 0.1) is 5.82 Å². The molecule has 5 heteroatoms. The monoisotopic (exact) mass is 259 g/mol. The normalized spacial score (nSPS) is 20.3. The second kappa shape index (κ2) is 5.10. The van der Waals surface area contributed by atoms with Gasteiger partial charge in [-0.25, -0.2) is 4.39 Å². The zero-order chi connectivity index (χ0) is 12.4. The highest BCUT2D eigenvalue weighted by Crippen LogP contribution is 2.42. The largest absolute Gasteiger partial charge is 0.504 e. The molecule has 0 spiro atoms. The Morgan fingerprint density at radius 3 is 2.94 bits per heavy atom. The van der Waals surface area contributed by atoms with E-state index in [-0.39, 0.29) is 22.4 Å². The minimum Gasteiger partial charge on any atom is -0.504 e. The smallest absolute Gasteiger partial charge is 0.167 e. The van der Waals surface area contributed by atoms with Gasteiger partial charge >= 0.3 is 0 Å². The number of nitrogens with one attached hydrogen (secondary N) is 1. The molecule has 0 amide bonds. The van der Waals surface area contributed by atoms with E-state index in [9.17, 15) is 9.50 Å². The summed E-state index contributed by atoms with van der Waals surface area (Å²) < 4.78 is 19.2. The first-order valence-corrected chi connectivity index (χ1v) is 5.98. The van der Waals surface area contributed by atoms with E-state index in [1.165, 1.54) is 13.2 Å². The van der Waals surface area contributed by atoms with Crippen molar-refractivity contribution >= 4 is 11.6 Å². The van der Waals surface area contributed by atoms with Crippen LogP contribution in [0.15, 0.2) is 6.07 Å². The summed E-state index contributed by atoms with van der Waals surface area (Å²) in [5.41, 5.74) is 0.379. The molecule has 94 valence electrons. The number of halogens is 2. The highest BCUT2D eigenvalue weighted by molar-refractivity contribution is 6.31. The molecule has 1 aliphatic rings. The number of methoxy groups -OCH3 is 1. The Morgan fingerprint density at radius 1 is 1.59 bits per heavy atom. The third kappa shape index (κ3) is 2.33. The topological polar surface area (TPSA) is 41.5 Å². The molecule has 0 aromatic heterocycles. The van der Waals surface area contributed by atoms with E-state index in [1.807, 2.05) is 0 Å². The molecule has 17 heavy (non-hydrogen) atoms. The van der Waals surface area contributed by atoms with Crippen LogP contribution in [0.3, 0.4) is 0 Å². The van der Waals surface area contributed by atoms with E-state index in [0.717, 1.165) is 19.4 Å². The molecule has 0 saturated carbocycles. The third-order valence-electron chi connectivity index (χ3n) is 3.10. The predicted molar refractivity (Wildman–Crippen MR) is 64.5 cm³/mol. The van der Waals surface area contributed by atoms with Crippen LogP contribution in [0.4, 0.5) is 4.39 Å². The van der Waals surface area contributed by atoms with Gasteiger partial charge in [0.1, 0.15) is 5.82 Å². The number of phenols is 1. The number of ether oxygens (including phenoxy) is 1. The molecule has 3 nitrogen and oxygen atoms in total. The van der Waals surface area contributed by atoms with E-state index in [2.05, 4.69) is 5.32 Å². The highest BCUT2D eigenvalue weighted by Gasteiger charge is 2.26. The molecular weight excluding hydrogens is 245 g/mol. The average Bonchev–Trinajstić information content (AvgIpc) is 2.34. The molecule has 2 rings (SSSR count). The van der Waals surface area contributed by atoms with Crippen LogP contribution >= 0.6 is 11.6 Å². The molecule has 1 saturated heterocycles. The lowest BCUT2D eigenvalue weighted by atomic mass is 9.90. The van der Waals surface area contributed by atoms with Crippen LogP contribution in [0.5, 0.6) is 11.5 Å². The lowest BCUT2D eigenvalue weighted by Crippen LogP contribution is -2.29. The fourth-order valence-corrected chi connectivity index (χ4v) is 2.50. The Morgan fingerprint density at radius 2 is 2.35 bits per heavy atom. The first kappa shape index (κ1) is 12.5. The summed E-state index contributed by atoms with van der Waals surface area (Å²) in [6.45, 7) is 1.61. The summed E-state index contributed by atoms with van der Waals surface area (Å²) in [5.74, 6) is -0.418. The van der Waals surface area contributed by atoms with Gasteiger partial charge in [0.25, 0.3) is 0 Å². The van der Waals surface area contributed by atoms with Crippen molar-refractivity contribution in [2.75, 3.05) is 20.2 Å². The molecular formula is C12H15ClFNO2. The molecule has 1 unspecified atom stereocenters. The number of aromatic hydroxyl groups is 1. The van der Waals surface area contributed by atoms with Gasteiger partial charge in [0, 0.05) is 24.1 Å². The van der Waals surface area contributed by atoms with Crippen molar-refractivity contribution in [1.29, 1.82) is 0 Å². The van der Waals surface area contributed by atoms with Gasteiger partial charge in [-0.2, -0.15) is 0 Å². The van der Waals surface area contributed by atoms with E-state index in [0.29, 0.717) is 12.1 Å². The molecule has 0 bridgehead atoms. The number of hydrogen-bond acceptors (Lipinski definition) is 3. The number of phenolic OH excluding ortho intramolecular Hbond substituents is 1. The molecule has 1 aromatic rings. The summed E-state index contributed by atoms with van der Waals surface area (Å²) in [6, 6.07) is 1.18. The fourth-order valence-electron chi connectivity index (χ4n) is 2.29. The van der Waals surface area contributed by atoms with Gasteiger partial charge < -0.3 is 15.2 Å². The second-order valence-electron chi connectivity index (χ2n) is 4.18. The van der Waals surface area contributed by atoms with Crippen molar-refractivity contribution in [3.05, 3.63) is 22.5 Å². The third-order valence-corrected chi connectivity index (χ3v) is 3.37. The highest BCUT2D eigenvalue weighted by atomic mass is 35.5. The first-order valence-electron chi connectivity index (χ1n) is 5.60. The van der Waals surface area contributed by atoms with Crippen LogP contribution in [0.1, 0.15) is 24.3 Å². The summed E-state index contributed by atoms with van der Waals surface area (Å²) in [4.78, 5) is 0. The molecule has 0 radical (unpaired) electrons. The minimum atomic E-state index is -0.491. The van der Waals surface area contributed by atoms with Crippen molar-refractivity contribution in [3.63, 3.8) is 0 Å². The molecule has 1 heterocycles. The van der Waals surface area contributed by atoms with Gasteiger partial charge in [-0.05, 0) is 19.4 Å². The standard InChI is InChI=1S/C12H15ClFNO2/c1-17-12-9(16)5-8(13)11(14)10(12)7-3-2-4-15-6-7/h5,7,15-16H,2-4,6H2,1H3. The Bertz CT molecular complexity index is 419. The first-order chi connectivity index (χ1) is 8.15. The summed E-state index contributed by atoms with van der Waals surface area (Å²) in [7, 11) is 1.42. The van der Waals surface area contributed by atoms with Gasteiger partial charge in [0.2, 0.25) is 0 Å². The molecule has 1 fully saturated rings. The van der Waals surface area contributed by atoms with Crippen LogP contribution in [0.2, 0.25) is 5.02 Å². The summed E-state index contributed by atoms with van der Waals surface area (Å²) >= 11 is 5.76. The lowest BCUT2D eigenvalue weighted by molar-refractivity contribution is 0.352. The Hall–Kier alpha value is -1.00. The zero-order valence-electron chi connectivity index (χ0n) is 9.59. The summed E-state index contributed by atoms with van der Waals surface area (Å²) in [5, 5.41) is 12.9. The molecule has 1 aromatic carbocycles. The quantitative estimate of drug-likeness (QED) is 0.858. The Balaban J connectivity index is 2.48. The van der Waals surface area contributed by atoms with E-state index < -0.39 is 5.82 Å². The second-order valence-corrected chi connectivity index (χ2v) is 4.59. The minimum absolute atomic E-state index is 0.0108. The van der Waals surface area contributed by atoms with E-state index >= 15 is 0 Å². The van der Waals surface area contributed by atoms with Gasteiger partial charge in [-0.15, -0.1) is 0 Å². The van der Waals surface area contributed by atoms with Gasteiger partial charge in [0.15, 0.2) is 11.5 Å². The average molecular weight is 260 g/mol. The molecule has 0 aliphatic carbocycles. The Labute approximate surface area is 105 Å². The maximum absolute atomic E-state index is 14.1. The molecule has 1 aliphatic heterocycles. The van der Waals surface area contributed by atoms with Crippen LogP contribution in [0.25, 0.3) is 0 Å². The van der Waals surface area contributed by atoms with E-state index in [1.54, 1.807) is 0 Å². The zero-order valence-corrected chi connectivity index (χ0v) is 10.4. The lowest BCUT2D eigenvalue weighted by Gasteiger charge is -2.25. The van der Waals surface area contributed by atoms with Crippen molar-refractivity contribution in [1.82, 2.24) is 5.32 Å². The number of hydrogen-bond donors (Lipinski definition) is 2. The SMILES string of the molecule is COc1c(O)cc(Cl)c(F)c1C1CCCNC1. The van der Waals surface area contributed by atoms with Crippen molar-refractivity contribution in [3.8, 4) is 11.5 Å². The predicted octanol–water partition coefficient (Wildman–Crippen LogP) is 2.66. The van der Waals surface area contributed by atoms with Crippen molar-refractivity contribution < 1.29 is 14.2 Å². The maximum Gasteiger partial charge on any atom is 0.167 e. The fraction of sp³-hybridized carbons (Fsp3) is 0.500. The number of rotatable bonds is 2. The van der Waals surface area contributed by atoms with Crippen LogP contribution < -0.4 is 10.1 Å². The van der Waals surface area contributed by atoms with Crippen molar-refractivity contribution in [2.45, 2.75) is 18.8 Å². The molecule has 2 N–H and O–H groups in total. The maximum atomic E-state index is 14.1. The number of benzene rings is 1. The van der Waals surface area contributed by atoms with Gasteiger partial charge in [-0.3, -0.25) is 0 Å². The Kier molecular flexibility index (Phi) is 3.74. The molecule has 1 atom stereocenters. The van der Waals surface area contributed by atoms with Crippen molar-refractivity contribution in [2.24, 2.45) is 0 Å². The summed E-state index contributed by atoms with van der Waals surface area (Å²) in [6.07, 6.45) is 1.83. The van der Waals surface area contributed by atoms with Crippen LogP contribution in [-0.4, -0.2) is 25.3 Å².